The maximum Gasteiger partial charge on any atom is 0.178 e. The van der Waals surface area contributed by atoms with E-state index < -0.39 is 0 Å². The molecule has 0 spiro atoms. The van der Waals surface area contributed by atoms with Crippen molar-refractivity contribution in [2.24, 2.45) is 12.2 Å². The molecule has 2 aromatic carbocycles. The van der Waals surface area contributed by atoms with E-state index in [0.717, 1.165) is 31.2 Å². The van der Waals surface area contributed by atoms with Crippen molar-refractivity contribution in [1.82, 2.24) is 0 Å². The van der Waals surface area contributed by atoms with Gasteiger partial charge in [-0.25, -0.2) is 4.57 Å². The molecule has 0 N–H and O–H groups in total. The summed E-state index contributed by atoms with van der Waals surface area (Å²) in [5.41, 5.74) is 17.2. The maximum absolute atomic E-state index is 8.97. The van der Waals surface area contributed by atoms with Crippen LogP contribution in [0.4, 0.5) is 5.69 Å². The molecule has 0 unspecified atom stereocenters. The van der Waals surface area contributed by atoms with Crippen LogP contribution in [0.5, 0.6) is 0 Å². The molecule has 3 aromatic rings. The van der Waals surface area contributed by atoms with E-state index in [1.807, 2.05) is 30.1 Å². The Morgan fingerprint density at radius 1 is 0.852 bits per heavy atom. The number of hydrogen-bond acceptors (Lipinski definition) is 1. The van der Waals surface area contributed by atoms with Gasteiger partial charge >= 0.3 is 0 Å². The van der Waals surface area contributed by atoms with Crippen molar-refractivity contribution in [2.75, 3.05) is 0 Å². The van der Waals surface area contributed by atoms with Crippen LogP contribution in [-0.4, -0.2) is 0 Å². The SMILES string of the molecule is C[n+]1ccc(-c2cc3ccc2CCc2ccc(cc2)CC3)c(N=[N+]=[N-])c1.[Cl-]. The monoisotopic (exact) mass is 376 g/mol. The Labute approximate surface area is 165 Å². The molecular weight excluding hydrogens is 356 g/mol. The van der Waals surface area contributed by atoms with Gasteiger partial charge in [0.25, 0.3) is 0 Å². The van der Waals surface area contributed by atoms with Gasteiger partial charge in [-0.15, -0.1) is 0 Å². The molecule has 0 atom stereocenters. The van der Waals surface area contributed by atoms with Crippen LogP contribution in [0.15, 0.2) is 66.0 Å². The molecule has 0 radical (unpaired) electrons. The Hall–Kier alpha value is -2.81. The first-order chi connectivity index (χ1) is 12.7. The summed E-state index contributed by atoms with van der Waals surface area (Å²) in [7, 11) is 1.94. The molecule has 4 aliphatic rings. The Morgan fingerprint density at radius 2 is 1.48 bits per heavy atom. The quantitative estimate of drug-likeness (QED) is 0.284. The number of nitrogens with zero attached hydrogens (tertiary/aromatic N) is 4. The number of benzene rings is 2. The summed E-state index contributed by atoms with van der Waals surface area (Å²) in [4.78, 5) is 3.02. The van der Waals surface area contributed by atoms with Crippen molar-refractivity contribution in [3.8, 4) is 11.1 Å². The van der Waals surface area contributed by atoms with Crippen molar-refractivity contribution in [3.05, 3.63) is 93.6 Å². The highest BCUT2D eigenvalue weighted by atomic mass is 35.5. The average molecular weight is 377 g/mol. The summed E-state index contributed by atoms with van der Waals surface area (Å²) in [6.45, 7) is 0. The van der Waals surface area contributed by atoms with E-state index in [4.69, 9.17) is 5.53 Å². The van der Waals surface area contributed by atoms with Gasteiger partial charge in [-0.3, -0.25) is 0 Å². The lowest BCUT2D eigenvalue weighted by molar-refractivity contribution is -0.670. The highest BCUT2D eigenvalue weighted by molar-refractivity contribution is 5.77. The minimum Gasteiger partial charge on any atom is -1.00 e. The first kappa shape index (κ1) is 19.0. The van der Waals surface area contributed by atoms with Crippen LogP contribution in [0, 0.1) is 0 Å². The van der Waals surface area contributed by atoms with Gasteiger partial charge in [0.05, 0.1) is 0 Å². The van der Waals surface area contributed by atoms with E-state index in [2.05, 4.69) is 52.5 Å². The molecule has 4 nitrogen and oxygen atoms in total. The van der Waals surface area contributed by atoms with Gasteiger partial charge in [0, 0.05) is 16.5 Å². The molecule has 1 aromatic heterocycles. The first-order valence-electron chi connectivity index (χ1n) is 8.97. The van der Waals surface area contributed by atoms with Crippen LogP contribution in [-0.2, 0) is 32.7 Å². The van der Waals surface area contributed by atoms with Crippen molar-refractivity contribution in [2.45, 2.75) is 25.7 Å². The number of pyridine rings is 1. The maximum atomic E-state index is 8.97. The summed E-state index contributed by atoms with van der Waals surface area (Å²) in [5.74, 6) is 0. The van der Waals surface area contributed by atoms with Crippen LogP contribution in [0.2, 0.25) is 0 Å². The van der Waals surface area contributed by atoms with Crippen LogP contribution >= 0.6 is 0 Å². The summed E-state index contributed by atoms with van der Waals surface area (Å²) >= 11 is 0. The highest BCUT2D eigenvalue weighted by Gasteiger charge is 2.14. The zero-order valence-corrected chi connectivity index (χ0v) is 16.0. The van der Waals surface area contributed by atoms with Gasteiger partial charge in [0.15, 0.2) is 12.4 Å². The Bertz CT molecular complexity index is 1010. The third kappa shape index (κ3) is 4.13. The number of hydrogen-bond donors (Lipinski definition) is 0. The molecular formula is C22H21ClN4. The number of aryl methyl sites for hydroxylation is 5. The van der Waals surface area contributed by atoms with Crippen molar-refractivity contribution >= 4 is 5.69 Å². The Kier molecular flexibility index (Phi) is 5.80. The predicted molar refractivity (Wildman–Crippen MR) is 103 cm³/mol. The van der Waals surface area contributed by atoms with Crippen molar-refractivity contribution in [3.63, 3.8) is 0 Å². The second-order valence-electron chi connectivity index (χ2n) is 6.91. The smallest absolute Gasteiger partial charge is 0.178 e. The van der Waals surface area contributed by atoms with Crippen LogP contribution in [0.1, 0.15) is 22.3 Å². The zero-order valence-electron chi connectivity index (χ0n) is 15.3. The second kappa shape index (κ2) is 8.26. The molecule has 4 aliphatic carbocycles. The lowest BCUT2D eigenvalue weighted by Gasteiger charge is -2.15. The van der Waals surface area contributed by atoms with E-state index in [0.29, 0.717) is 5.69 Å². The Balaban J connectivity index is 0.00000210. The normalized spacial score (nSPS) is 12.5. The Morgan fingerprint density at radius 3 is 2.19 bits per heavy atom. The van der Waals surface area contributed by atoms with E-state index in [9.17, 15) is 0 Å². The van der Waals surface area contributed by atoms with E-state index >= 15 is 0 Å². The highest BCUT2D eigenvalue weighted by Crippen LogP contribution is 2.33. The third-order valence-electron chi connectivity index (χ3n) is 5.10. The molecule has 5 heteroatoms. The van der Waals surface area contributed by atoms with Crippen molar-refractivity contribution < 1.29 is 17.0 Å². The number of rotatable bonds is 2. The molecule has 27 heavy (non-hydrogen) atoms. The van der Waals surface area contributed by atoms with Crippen molar-refractivity contribution in [1.29, 1.82) is 0 Å². The minimum atomic E-state index is 0. The van der Waals surface area contributed by atoms with Gasteiger partial charge in [-0.2, -0.15) is 0 Å². The number of aromatic nitrogens is 1. The lowest BCUT2D eigenvalue weighted by Crippen LogP contribution is -3.00. The van der Waals surface area contributed by atoms with Gasteiger partial charge in [0.2, 0.25) is 0 Å². The van der Waals surface area contributed by atoms with Gasteiger partial charge in [0.1, 0.15) is 12.7 Å². The van der Waals surface area contributed by atoms with E-state index in [-0.39, 0.29) is 12.4 Å². The topological polar surface area (TPSA) is 52.6 Å². The summed E-state index contributed by atoms with van der Waals surface area (Å²) in [5, 5.41) is 3.93. The van der Waals surface area contributed by atoms with E-state index in [1.54, 1.807) is 0 Å². The molecule has 1 heterocycles. The molecule has 0 fully saturated rings. The number of azide groups is 1. The lowest BCUT2D eigenvalue weighted by atomic mass is 9.90. The third-order valence-corrected chi connectivity index (χ3v) is 5.10. The molecule has 0 amide bonds. The minimum absolute atomic E-state index is 0. The fourth-order valence-electron chi connectivity index (χ4n) is 3.63. The summed E-state index contributed by atoms with van der Waals surface area (Å²) in [6, 6.07) is 17.8. The van der Waals surface area contributed by atoms with Gasteiger partial charge in [-0.05, 0) is 59.0 Å². The predicted octanol–water partition coefficient (Wildman–Crippen LogP) is 2.01. The average Bonchev–Trinajstić information content (AvgIpc) is 2.64. The van der Waals surface area contributed by atoms with Crippen LogP contribution < -0.4 is 17.0 Å². The van der Waals surface area contributed by atoms with Gasteiger partial charge in [-0.1, -0.05) is 47.6 Å². The van der Waals surface area contributed by atoms with Gasteiger partial charge < -0.3 is 12.4 Å². The first-order valence-corrected chi connectivity index (χ1v) is 8.97. The van der Waals surface area contributed by atoms with Crippen LogP contribution in [0.25, 0.3) is 21.6 Å². The second-order valence-corrected chi connectivity index (χ2v) is 6.91. The molecule has 4 bridgehead atoms. The molecule has 7 rings (SSSR count). The van der Waals surface area contributed by atoms with E-state index in [1.165, 1.54) is 27.8 Å². The number of halogens is 1. The fourth-order valence-corrected chi connectivity index (χ4v) is 3.63. The fraction of sp³-hybridized carbons (Fsp3) is 0.227. The molecule has 0 saturated heterocycles. The standard InChI is InChI=1S/C22H21N4.ClH/c1-26-13-12-20(22(15-26)24-25-23)21-14-18-7-6-16-2-4-17(5-3-16)8-10-19(21)11-9-18;/h2-5,9,11-15H,6-8,10H2,1H3;1H/q+1;/p-1. The largest absolute Gasteiger partial charge is 1.00 e. The van der Waals surface area contributed by atoms with Crippen LogP contribution in [0.3, 0.4) is 0 Å². The molecule has 0 aliphatic heterocycles. The zero-order chi connectivity index (χ0) is 17.9. The molecule has 136 valence electrons. The molecule has 0 saturated carbocycles. The summed E-state index contributed by atoms with van der Waals surface area (Å²) < 4.78 is 1.91. The summed E-state index contributed by atoms with van der Waals surface area (Å²) in [6.07, 6.45) is 7.89.